The molecule has 1 rings (SSSR count). The Morgan fingerprint density at radius 3 is 2.75 bits per heavy atom. The average molecular weight is 226 g/mol. The molecule has 2 nitrogen and oxygen atoms in total. The minimum atomic E-state index is 0.629. The van der Waals surface area contributed by atoms with Crippen LogP contribution in [0, 0.1) is 11.3 Å². The van der Waals surface area contributed by atoms with E-state index < -0.39 is 0 Å². The molecule has 0 saturated heterocycles. The van der Waals surface area contributed by atoms with Crippen LogP contribution in [-0.4, -0.2) is 7.11 Å². The van der Waals surface area contributed by atoms with Crippen LogP contribution in [-0.2, 0) is 5.33 Å². The van der Waals surface area contributed by atoms with Crippen molar-refractivity contribution in [2.75, 3.05) is 7.11 Å². The van der Waals surface area contributed by atoms with Crippen molar-refractivity contribution in [3.63, 3.8) is 0 Å². The third kappa shape index (κ3) is 1.99. The minimum absolute atomic E-state index is 0.629. The lowest BCUT2D eigenvalue weighted by Crippen LogP contribution is -1.87. The number of benzene rings is 1. The van der Waals surface area contributed by atoms with E-state index in [0.717, 1.165) is 16.6 Å². The first-order valence-electron chi connectivity index (χ1n) is 3.44. The standard InChI is InChI=1S/C9H8BrNO/c1-12-9-3-7(5-10)2-8(4-9)6-11/h2-4H,5H2,1H3. The highest BCUT2D eigenvalue weighted by atomic mass is 79.9. The molecule has 12 heavy (non-hydrogen) atoms. The van der Waals surface area contributed by atoms with E-state index in [1.54, 1.807) is 13.2 Å². The van der Waals surface area contributed by atoms with E-state index in [4.69, 9.17) is 10.00 Å². The molecular weight excluding hydrogens is 218 g/mol. The van der Waals surface area contributed by atoms with E-state index in [9.17, 15) is 0 Å². The van der Waals surface area contributed by atoms with Gasteiger partial charge in [-0.05, 0) is 23.8 Å². The van der Waals surface area contributed by atoms with Gasteiger partial charge in [0, 0.05) is 5.33 Å². The van der Waals surface area contributed by atoms with E-state index in [-0.39, 0.29) is 0 Å². The van der Waals surface area contributed by atoms with Crippen LogP contribution in [0.25, 0.3) is 0 Å². The highest BCUT2D eigenvalue weighted by molar-refractivity contribution is 9.08. The summed E-state index contributed by atoms with van der Waals surface area (Å²) in [5.74, 6) is 0.725. The molecule has 1 aromatic carbocycles. The van der Waals surface area contributed by atoms with Crippen molar-refractivity contribution < 1.29 is 4.74 Å². The molecule has 0 saturated carbocycles. The number of nitrogens with zero attached hydrogens (tertiary/aromatic N) is 1. The van der Waals surface area contributed by atoms with Crippen molar-refractivity contribution in [3.8, 4) is 11.8 Å². The van der Waals surface area contributed by atoms with Gasteiger partial charge >= 0.3 is 0 Å². The van der Waals surface area contributed by atoms with Crippen LogP contribution in [0.2, 0.25) is 0 Å². The zero-order valence-electron chi connectivity index (χ0n) is 6.67. The second-order valence-electron chi connectivity index (χ2n) is 2.32. The van der Waals surface area contributed by atoms with E-state index in [1.165, 1.54) is 0 Å². The van der Waals surface area contributed by atoms with Gasteiger partial charge in [-0.25, -0.2) is 0 Å². The van der Waals surface area contributed by atoms with Crippen LogP contribution >= 0.6 is 15.9 Å². The van der Waals surface area contributed by atoms with Crippen LogP contribution in [0.4, 0.5) is 0 Å². The van der Waals surface area contributed by atoms with Crippen molar-refractivity contribution >= 4 is 15.9 Å². The largest absolute Gasteiger partial charge is 0.497 e. The molecule has 0 atom stereocenters. The average Bonchev–Trinajstić information content (AvgIpc) is 2.16. The molecule has 0 heterocycles. The SMILES string of the molecule is COc1cc(C#N)cc(CBr)c1. The van der Waals surface area contributed by atoms with Crippen molar-refractivity contribution in [1.82, 2.24) is 0 Å². The fraction of sp³-hybridized carbons (Fsp3) is 0.222. The lowest BCUT2D eigenvalue weighted by molar-refractivity contribution is 0.414. The number of hydrogen-bond acceptors (Lipinski definition) is 2. The number of methoxy groups -OCH3 is 1. The second-order valence-corrected chi connectivity index (χ2v) is 2.88. The number of alkyl halides is 1. The van der Waals surface area contributed by atoms with Crippen molar-refractivity contribution in [2.24, 2.45) is 0 Å². The Balaban J connectivity index is 3.12. The molecule has 0 radical (unpaired) electrons. The Morgan fingerprint density at radius 1 is 1.50 bits per heavy atom. The molecule has 0 unspecified atom stereocenters. The van der Waals surface area contributed by atoms with Gasteiger partial charge in [0.05, 0.1) is 18.7 Å². The Bertz CT molecular complexity index is 295. The number of nitriles is 1. The van der Waals surface area contributed by atoms with Gasteiger partial charge in [-0.15, -0.1) is 0 Å². The summed E-state index contributed by atoms with van der Waals surface area (Å²) in [6.07, 6.45) is 0. The van der Waals surface area contributed by atoms with Crippen LogP contribution in [0.5, 0.6) is 5.75 Å². The molecule has 0 fully saturated rings. The van der Waals surface area contributed by atoms with Gasteiger partial charge in [-0.1, -0.05) is 15.9 Å². The van der Waals surface area contributed by atoms with E-state index >= 15 is 0 Å². The zero-order chi connectivity index (χ0) is 8.97. The van der Waals surface area contributed by atoms with Crippen LogP contribution < -0.4 is 4.74 Å². The summed E-state index contributed by atoms with van der Waals surface area (Å²) in [6.45, 7) is 0. The molecule has 0 aliphatic rings. The summed E-state index contributed by atoms with van der Waals surface area (Å²) in [5, 5.41) is 9.39. The topological polar surface area (TPSA) is 33.0 Å². The molecule has 0 spiro atoms. The van der Waals surface area contributed by atoms with Gasteiger partial charge in [0.25, 0.3) is 0 Å². The van der Waals surface area contributed by atoms with Gasteiger partial charge in [-0.3, -0.25) is 0 Å². The highest BCUT2D eigenvalue weighted by Gasteiger charge is 1.98. The summed E-state index contributed by atoms with van der Waals surface area (Å²) in [4.78, 5) is 0. The lowest BCUT2D eigenvalue weighted by Gasteiger charge is -2.02. The normalized spacial score (nSPS) is 9.08. The first kappa shape index (κ1) is 9.08. The third-order valence-corrected chi connectivity index (χ3v) is 2.13. The summed E-state index contributed by atoms with van der Waals surface area (Å²) < 4.78 is 5.03. The van der Waals surface area contributed by atoms with Crippen molar-refractivity contribution in [3.05, 3.63) is 29.3 Å². The monoisotopic (exact) mass is 225 g/mol. The van der Waals surface area contributed by atoms with Gasteiger partial charge in [0.2, 0.25) is 0 Å². The fourth-order valence-corrected chi connectivity index (χ4v) is 1.24. The number of rotatable bonds is 2. The molecule has 0 amide bonds. The molecule has 0 N–H and O–H groups in total. The summed E-state index contributed by atoms with van der Waals surface area (Å²) in [5.41, 5.74) is 1.68. The third-order valence-electron chi connectivity index (χ3n) is 1.49. The Kier molecular flexibility index (Phi) is 3.12. The lowest BCUT2D eigenvalue weighted by atomic mass is 10.1. The van der Waals surface area contributed by atoms with E-state index in [1.807, 2.05) is 12.1 Å². The predicted molar refractivity (Wildman–Crippen MR) is 50.3 cm³/mol. The minimum Gasteiger partial charge on any atom is -0.497 e. The molecular formula is C9H8BrNO. The Hall–Kier alpha value is -1.01. The van der Waals surface area contributed by atoms with Gasteiger partial charge in [0.15, 0.2) is 0 Å². The highest BCUT2D eigenvalue weighted by Crippen LogP contribution is 2.18. The summed E-state index contributed by atoms with van der Waals surface area (Å²) >= 11 is 3.32. The molecule has 3 heteroatoms. The fourth-order valence-electron chi connectivity index (χ4n) is 0.920. The zero-order valence-corrected chi connectivity index (χ0v) is 8.26. The smallest absolute Gasteiger partial charge is 0.120 e. The molecule has 0 aromatic heterocycles. The summed E-state index contributed by atoms with van der Waals surface area (Å²) in [6, 6.07) is 7.52. The van der Waals surface area contributed by atoms with Crippen LogP contribution in [0.3, 0.4) is 0 Å². The molecule has 0 aliphatic heterocycles. The summed E-state index contributed by atoms with van der Waals surface area (Å²) in [7, 11) is 1.59. The number of hydrogen-bond donors (Lipinski definition) is 0. The Labute approximate surface area is 79.9 Å². The van der Waals surface area contributed by atoms with E-state index in [0.29, 0.717) is 5.56 Å². The maximum atomic E-state index is 8.66. The maximum absolute atomic E-state index is 8.66. The number of halogens is 1. The van der Waals surface area contributed by atoms with Crippen LogP contribution in [0.1, 0.15) is 11.1 Å². The first-order valence-corrected chi connectivity index (χ1v) is 4.56. The van der Waals surface area contributed by atoms with Crippen molar-refractivity contribution in [2.45, 2.75) is 5.33 Å². The van der Waals surface area contributed by atoms with Gasteiger partial charge in [0.1, 0.15) is 5.75 Å². The van der Waals surface area contributed by atoms with Gasteiger partial charge < -0.3 is 4.74 Å². The second kappa shape index (κ2) is 4.13. The van der Waals surface area contributed by atoms with Gasteiger partial charge in [-0.2, -0.15) is 5.26 Å². The predicted octanol–water partition coefficient (Wildman–Crippen LogP) is 2.46. The Morgan fingerprint density at radius 2 is 2.25 bits per heavy atom. The first-order chi connectivity index (χ1) is 5.80. The van der Waals surface area contributed by atoms with E-state index in [2.05, 4.69) is 22.0 Å². The number of ether oxygens (including phenoxy) is 1. The van der Waals surface area contributed by atoms with Crippen molar-refractivity contribution in [1.29, 1.82) is 5.26 Å². The van der Waals surface area contributed by atoms with Crippen LogP contribution in [0.15, 0.2) is 18.2 Å². The quantitative estimate of drug-likeness (QED) is 0.725. The molecule has 1 aromatic rings. The maximum Gasteiger partial charge on any atom is 0.120 e. The molecule has 62 valence electrons. The molecule has 0 bridgehead atoms. The molecule has 0 aliphatic carbocycles.